The largest absolute Gasteiger partial charge is 0.0654 e. The van der Waals surface area contributed by atoms with Crippen molar-refractivity contribution >= 4 is 0 Å². The lowest BCUT2D eigenvalue weighted by Crippen LogP contribution is -2.12. The fourth-order valence-electron chi connectivity index (χ4n) is 2.81. The van der Waals surface area contributed by atoms with Crippen molar-refractivity contribution in [3.05, 3.63) is 35.9 Å². The predicted octanol–water partition coefficient (Wildman–Crippen LogP) is 6.79. The van der Waals surface area contributed by atoms with Crippen LogP contribution in [0.3, 0.4) is 0 Å². The minimum atomic E-state index is 0.499. The maximum atomic E-state index is 2.44. The zero-order valence-electron chi connectivity index (χ0n) is 14.0. The topological polar surface area (TPSA) is 0 Å². The van der Waals surface area contributed by atoms with E-state index < -0.39 is 0 Å². The summed E-state index contributed by atoms with van der Waals surface area (Å²) < 4.78 is 0. The van der Waals surface area contributed by atoms with Crippen LogP contribution >= 0.6 is 0 Å². The summed E-state index contributed by atoms with van der Waals surface area (Å²) in [4.78, 5) is 0. The summed E-state index contributed by atoms with van der Waals surface area (Å²) in [7, 11) is 0. The molecule has 0 aliphatic heterocycles. The molecule has 0 N–H and O–H groups in total. The molecule has 0 atom stereocenters. The van der Waals surface area contributed by atoms with Crippen LogP contribution in [-0.2, 0) is 6.42 Å². The molecule has 0 aromatic heterocycles. The van der Waals surface area contributed by atoms with Crippen molar-refractivity contribution in [1.82, 2.24) is 0 Å². The summed E-state index contributed by atoms with van der Waals surface area (Å²) in [6.45, 7) is 7.16. The van der Waals surface area contributed by atoms with E-state index in [1.54, 1.807) is 0 Å². The van der Waals surface area contributed by atoms with Gasteiger partial charge in [0.2, 0.25) is 0 Å². The summed E-state index contributed by atoms with van der Waals surface area (Å²) in [5.74, 6) is 0. The van der Waals surface area contributed by atoms with Gasteiger partial charge < -0.3 is 0 Å². The summed E-state index contributed by atoms with van der Waals surface area (Å²) >= 11 is 0. The van der Waals surface area contributed by atoms with Crippen molar-refractivity contribution in [2.24, 2.45) is 5.41 Å². The Bertz CT molecular complexity index is 323. The first-order valence-corrected chi connectivity index (χ1v) is 8.68. The Labute approximate surface area is 127 Å². The Kier molecular flexibility index (Phi) is 8.65. The van der Waals surface area contributed by atoms with Gasteiger partial charge in [-0.15, -0.1) is 0 Å². The van der Waals surface area contributed by atoms with E-state index in [0.717, 1.165) is 0 Å². The lowest BCUT2D eigenvalue weighted by molar-refractivity contribution is 0.294. The second kappa shape index (κ2) is 10.0. The van der Waals surface area contributed by atoms with Crippen LogP contribution < -0.4 is 0 Å². The van der Waals surface area contributed by atoms with E-state index in [4.69, 9.17) is 0 Å². The highest BCUT2D eigenvalue weighted by Gasteiger charge is 2.16. The second-order valence-electron chi connectivity index (χ2n) is 7.02. The van der Waals surface area contributed by atoms with E-state index >= 15 is 0 Å². The molecule has 0 aliphatic rings. The quantitative estimate of drug-likeness (QED) is 0.390. The first-order chi connectivity index (χ1) is 9.64. The fourth-order valence-corrected chi connectivity index (χ4v) is 2.81. The van der Waals surface area contributed by atoms with Gasteiger partial charge in [-0.05, 0) is 30.2 Å². The van der Waals surface area contributed by atoms with Crippen LogP contribution in [0, 0.1) is 5.41 Å². The van der Waals surface area contributed by atoms with Crippen molar-refractivity contribution in [2.75, 3.05) is 0 Å². The van der Waals surface area contributed by atoms with Crippen molar-refractivity contribution in [3.63, 3.8) is 0 Å². The van der Waals surface area contributed by atoms with Crippen LogP contribution in [0.5, 0.6) is 0 Å². The third-order valence-electron chi connectivity index (χ3n) is 4.39. The minimum absolute atomic E-state index is 0.499. The first kappa shape index (κ1) is 17.3. The highest BCUT2D eigenvalue weighted by atomic mass is 14.2. The third-order valence-corrected chi connectivity index (χ3v) is 4.39. The number of rotatable bonds is 11. The number of unbranched alkanes of at least 4 members (excludes halogenated alkanes) is 6. The van der Waals surface area contributed by atoms with E-state index in [-0.39, 0.29) is 0 Å². The van der Waals surface area contributed by atoms with E-state index in [1.165, 1.54) is 69.8 Å². The molecule has 0 spiro atoms. The lowest BCUT2D eigenvalue weighted by atomic mass is 9.81. The number of aryl methyl sites for hydroxylation is 1. The number of hydrogen-bond donors (Lipinski definition) is 0. The SMILES string of the molecule is CCCCCCCCCC(C)(C)CCc1ccccc1. The molecule has 0 saturated carbocycles. The Morgan fingerprint density at radius 3 is 2.00 bits per heavy atom. The molecule has 0 amide bonds. The van der Waals surface area contributed by atoms with E-state index in [9.17, 15) is 0 Å². The fraction of sp³-hybridized carbons (Fsp3) is 0.700. The molecular formula is C20H34. The molecule has 0 fully saturated rings. The molecule has 0 heteroatoms. The normalized spacial score (nSPS) is 11.8. The molecule has 0 nitrogen and oxygen atoms in total. The molecule has 20 heavy (non-hydrogen) atoms. The van der Waals surface area contributed by atoms with Gasteiger partial charge in [0.1, 0.15) is 0 Å². The Morgan fingerprint density at radius 1 is 0.750 bits per heavy atom. The molecule has 0 aliphatic carbocycles. The van der Waals surface area contributed by atoms with Gasteiger partial charge in [0.15, 0.2) is 0 Å². The molecule has 0 bridgehead atoms. The molecular weight excluding hydrogens is 240 g/mol. The summed E-state index contributed by atoms with van der Waals surface area (Å²) in [6.07, 6.45) is 13.9. The number of hydrogen-bond acceptors (Lipinski definition) is 0. The highest BCUT2D eigenvalue weighted by molar-refractivity contribution is 5.14. The maximum Gasteiger partial charge on any atom is -0.0274 e. The van der Waals surface area contributed by atoms with Gasteiger partial charge in [-0.25, -0.2) is 0 Å². The van der Waals surface area contributed by atoms with Gasteiger partial charge >= 0.3 is 0 Å². The standard InChI is InChI=1S/C20H34/c1-4-5-6-7-8-9-13-17-20(2,3)18-16-19-14-11-10-12-15-19/h10-12,14-15H,4-9,13,16-18H2,1-3H3. The lowest BCUT2D eigenvalue weighted by Gasteiger charge is -2.24. The zero-order chi connectivity index (χ0) is 14.7. The van der Waals surface area contributed by atoms with Crippen molar-refractivity contribution in [1.29, 1.82) is 0 Å². The minimum Gasteiger partial charge on any atom is -0.0654 e. The van der Waals surface area contributed by atoms with Crippen LogP contribution in [-0.4, -0.2) is 0 Å². The zero-order valence-corrected chi connectivity index (χ0v) is 14.0. The van der Waals surface area contributed by atoms with Gasteiger partial charge in [0, 0.05) is 0 Å². The van der Waals surface area contributed by atoms with Crippen LogP contribution in [0.4, 0.5) is 0 Å². The maximum absolute atomic E-state index is 2.44. The summed E-state index contributed by atoms with van der Waals surface area (Å²) in [5.41, 5.74) is 1.99. The highest BCUT2D eigenvalue weighted by Crippen LogP contribution is 2.29. The predicted molar refractivity (Wildman–Crippen MR) is 91.2 cm³/mol. The van der Waals surface area contributed by atoms with Gasteiger partial charge in [-0.1, -0.05) is 96.0 Å². The van der Waals surface area contributed by atoms with Crippen molar-refractivity contribution in [3.8, 4) is 0 Å². The van der Waals surface area contributed by atoms with E-state index in [2.05, 4.69) is 51.1 Å². The van der Waals surface area contributed by atoms with Crippen LogP contribution in [0.15, 0.2) is 30.3 Å². The van der Waals surface area contributed by atoms with Crippen molar-refractivity contribution < 1.29 is 0 Å². The van der Waals surface area contributed by atoms with Crippen LogP contribution in [0.1, 0.15) is 84.1 Å². The van der Waals surface area contributed by atoms with E-state index in [1.807, 2.05) is 0 Å². The van der Waals surface area contributed by atoms with Crippen LogP contribution in [0.25, 0.3) is 0 Å². The Hall–Kier alpha value is -0.780. The van der Waals surface area contributed by atoms with Crippen LogP contribution in [0.2, 0.25) is 0 Å². The molecule has 1 aromatic carbocycles. The molecule has 0 unspecified atom stereocenters. The third kappa shape index (κ3) is 8.40. The Morgan fingerprint density at radius 2 is 1.35 bits per heavy atom. The molecule has 114 valence electrons. The van der Waals surface area contributed by atoms with E-state index in [0.29, 0.717) is 5.41 Å². The van der Waals surface area contributed by atoms with Gasteiger partial charge in [0.25, 0.3) is 0 Å². The molecule has 0 radical (unpaired) electrons. The van der Waals surface area contributed by atoms with Gasteiger partial charge in [-0.2, -0.15) is 0 Å². The average molecular weight is 274 g/mol. The molecule has 0 heterocycles. The molecule has 0 saturated heterocycles. The summed E-state index contributed by atoms with van der Waals surface area (Å²) in [5, 5.41) is 0. The second-order valence-corrected chi connectivity index (χ2v) is 7.02. The van der Waals surface area contributed by atoms with Gasteiger partial charge in [0.05, 0.1) is 0 Å². The molecule has 1 aromatic rings. The summed E-state index contributed by atoms with van der Waals surface area (Å²) in [6, 6.07) is 10.9. The number of benzene rings is 1. The van der Waals surface area contributed by atoms with Gasteiger partial charge in [-0.3, -0.25) is 0 Å². The average Bonchev–Trinajstić information content (AvgIpc) is 2.45. The monoisotopic (exact) mass is 274 g/mol. The Balaban J connectivity index is 2.09. The smallest absolute Gasteiger partial charge is 0.0274 e. The first-order valence-electron chi connectivity index (χ1n) is 8.68. The molecule has 1 rings (SSSR count). The van der Waals surface area contributed by atoms with Crippen molar-refractivity contribution in [2.45, 2.75) is 85.0 Å².